The third-order valence-electron chi connectivity index (χ3n) is 3.58. The van der Waals surface area contributed by atoms with Crippen LogP contribution in [0.3, 0.4) is 0 Å². The number of rotatable bonds is 2. The van der Waals surface area contributed by atoms with Crippen molar-refractivity contribution in [3.8, 4) is 0 Å². The first-order valence-electron chi connectivity index (χ1n) is 6.34. The summed E-state index contributed by atoms with van der Waals surface area (Å²) >= 11 is 0. The smallest absolute Gasteiger partial charge is 0.318 e. The summed E-state index contributed by atoms with van der Waals surface area (Å²) in [6.07, 6.45) is 0. The zero-order valence-electron chi connectivity index (χ0n) is 12.0. The molecule has 0 bridgehead atoms. The van der Waals surface area contributed by atoms with Crippen LogP contribution >= 0.6 is 0 Å². The Bertz CT molecular complexity index is 337. The molecule has 0 atom stereocenters. The quantitative estimate of drug-likeness (QED) is 0.750. The number of hydrogen-bond acceptors (Lipinski definition) is 3. The lowest BCUT2D eigenvalue weighted by Crippen LogP contribution is -2.57. The Morgan fingerprint density at radius 1 is 0.944 bits per heavy atom. The molecule has 104 valence electrons. The Kier molecular flexibility index (Phi) is 4.05. The molecule has 0 aromatic rings. The van der Waals surface area contributed by atoms with E-state index in [-0.39, 0.29) is 11.4 Å². The molecular formula is C13H24N2O3. The van der Waals surface area contributed by atoms with E-state index in [0.29, 0.717) is 13.1 Å². The molecule has 18 heavy (non-hydrogen) atoms. The van der Waals surface area contributed by atoms with Crippen LogP contribution in [0.15, 0.2) is 0 Å². The van der Waals surface area contributed by atoms with Gasteiger partial charge in [-0.05, 0) is 34.6 Å². The molecule has 1 amide bonds. The number of nitrogens with zero attached hydrogens (tertiary/aromatic N) is 2. The molecule has 0 aromatic heterocycles. The second-order valence-corrected chi connectivity index (χ2v) is 6.38. The minimum absolute atomic E-state index is 0.0947. The van der Waals surface area contributed by atoms with Gasteiger partial charge in [0.1, 0.15) is 5.41 Å². The molecule has 5 nitrogen and oxygen atoms in total. The molecule has 1 fully saturated rings. The van der Waals surface area contributed by atoms with Gasteiger partial charge in [0.25, 0.3) is 0 Å². The van der Waals surface area contributed by atoms with E-state index in [0.717, 1.165) is 13.1 Å². The lowest BCUT2D eigenvalue weighted by molar-refractivity contribution is -0.159. The van der Waals surface area contributed by atoms with E-state index in [2.05, 4.69) is 25.7 Å². The van der Waals surface area contributed by atoms with Gasteiger partial charge in [-0.3, -0.25) is 14.5 Å². The molecule has 1 aliphatic rings. The summed E-state index contributed by atoms with van der Waals surface area (Å²) in [5, 5.41) is 9.07. The summed E-state index contributed by atoms with van der Waals surface area (Å²) in [6.45, 7) is 12.2. The van der Waals surface area contributed by atoms with Gasteiger partial charge >= 0.3 is 5.97 Å². The van der Waals surface area contributed by atoms with Crippen LogP contribution in [0.4, 0.5) is 0 Å². The average molecular weight is 256 g/mol. The summed E-state index contributed by atoms with van der Waals surface area (Å²) in [6, 6.07) is 0. The van der Waals surface area contributed by atoms with Crippen molar-refractivity contribution in [2.24, 2.45) is 5.41 Å². The van der Waals surface area contributed by atoms with Gasteiger partial charge in [-0.25, -0.2) is 0 Å². The van der Waals surface area contributed by atoms with Crippen LogP contribution in [0.2, 0.25) is 0 Å². The first-order chi connectivity index (χ1) is 8.06. The highest BCUT2D eigenvalue weighted by Gasteiger charge is 2.40. The summed E-state index contributed by atoms with van der Waals surface area (Å²) in [5.41, 5.74) is -1.23. The minimum Gasteiger partial charge on any atom is -0.480 e. The first kappa shape index (κ1) is 15.0. The number of hydrogen-bond donors (Lipinski definition) is 1. The van der Waals surface area contributed by atoms with E-state index in [9.17, 15) is 9.59 Å². The van der Waals surface area contributed by atoms with Gasteiger partial charge in [0.2, 0.25) is 5.91 Å². The van der Waals surface area contributed by atoms with Gasteiger partial charge in [0, 0.05) is 31.7 Å². The molecule has 1 heterocycles. The number of amides is 1. The minimum atomic E-state index is -1.33. The van der Waals surface area contributed by atoms with Crippen molar-refractivity contribution in [2.75, 3.05) is 26.2 Å². The predicted octanol–water partition coefficient (Wildman–Crippen LogP) is 1.04. The third-order valence-corrected chi connectivity index (χ3v) is 3.58. The SMILES string of the molecule is CC(C)(C(=O)O)C(=O)N1CCN(C(C)(C)C)CC1. The van der Waals surface area contributed by atoms with Crippen molar-refractivity contribution in [3.05, 3.63) is 0 Å². The van der Waals surface area contributed by atoms with E-state index in [1.54, 1.807) is 4.90 Å². The third kappa shape index (κ3) is 3.02. The number of piperazine rings is 1. The summed E-state index contributed by atoms with van der Waals surface area (Å²) in [7, 11) is 0. The van der Waals surface area contributed by atoms with Crippen LogP contribution in [-0.2, 0) is 9.59 Å². The fraction of sp³-hybridized carbons (Fsp3) is 0.846. The highest BCUT2D eigenvalue weighted by atomic mass is 16.4. The molecule has 1 rings (SSSR count). The van der Waals surface area contributed by atoms with Crippen molar-refractivity contribution in [3.63, 3.8) is 0 Å². The van der Waals surface area contributed by atoms with Crippen molar-refractivity contribution in [2.45, 2.75) is 40.2 Å². The maximum absolute atomic E-state index is 12.1. The topological polar surface area (TPSA) is 60.9 Å². The van der Waals surface area contributed by atoms with Crippen molar-refractivity contribution < 1.29 is 14.7 Å². The van der Waals surface area contributed by atoms with Crippen LogP contribution < -0.4 is 0 Å². The van der Waals surface area contributed by atoms with Gasteiger partial charge < -0.3 is 10.0 Å². The second kappa shape index (κ2) is 4.88. The van der Waals surface area contributed by atoms with Crippen molar-refractivity contribution >= 4 is 11.9 Å². The molecule has 0 radical (unpaired) electrons. The maximum atomic E-state index is 12.1. The molecule has 5 heteroatoms. The largest absolute Gasteiger partial charge is 0.480 e. The van der Waals surface area contributed by atoms with E-state index in [1.807, 2.05) is 0 Å². The zero-order valence-corrected chi connectivity index (χ0v) is 12.0. The Hall–Kier alpha value is -1.10. The van der Waals surface area contributed by atoms with Crippen molar-refractivity contribution in [1.29, 1.82) is 0 Å². The zero-order chi connectivity index (χ0) is 14.1. The van der Waals surface area contributed by atoms with Crippen LogP contribution in [0.5, 0.6) is 0 Å². The molecule has 0 saturated carbocycles. The molecule has 1 saturated heterocycles. The Balaban J connectivity index is 2.64. The standard InChI is InChI=1S/C13H24N2O3/c1-12(2,3)15-8-6-14(7-9-15)10(16)13(4,5)11(17)18/h6-9H2,1-5H3,(H,17,18). The highest BCUT2D eigenvalue weighted by Crippen LogP contribution is 2.22. The van der Waals surface area contributed by atoms with Gasteiger partial charge in [-0.2, -0.15) is 0 Å². The van der Waals surface area contributed by atoms with Crippen molar-refractivity contribution in [1.82, 2.24) is 9.80 Å². The van der Waals surface area contributed by atoms with E-state index in [1.165, 1.54) is 13.8 Å². The number of carboxylic acid groups (broad SMARTS) is 1. The van der Waals surface area contributed by atoms with Crippen LogP contribution in [0.1, 0.15) is 34.6 Å². The average Bonchev–Trinajstić information content (AvgIpc) is 2.26. The molecule has 1 N–H and O–H groups in total. The molecule has 0 unspecified atom stereocenters. The summed E-state index contributed by atoms with van der Waals surface area (Å²) in [4.78, 5) is 27.2. The second-order valence-electron chi connectivity index (χ2n) is 6.38. The van der Waals surface area contributed by atoms with Gasteiger partial charge in [0.15, 0.2) is 0 Å². The normalized spacial score (nSPS) is 18.8. The fourth-order valence-corrected chi connectivity index (χ4v) is 2.07. The molecular weight excluding hydrogens is 232 g/mol. The number of carboxylic acids is 1. The van der Waals surface area contributed by atoms with E-state index in [4.69, 9.17) is 5.11 Å². The van der Waals surface area contributed by atoms with E-state index < -0.39 is 11.4 Å². The molecule has 0 spiro atoms. The lowest BCUT2D eigenvalue weighted by Gasteiger charge is -2.43. The van der Waals surface area contributed by atoms with Crippen LogP contribution in [0, 0.1) is 5.41 Å². The predicted molar refractivity (Wildman–Crippen MR) is 69.3 cm³/mol. The summed E-state index contributed by atoms with van der Waals surface area (Å²) in [5.74, 6) is -1.35. The van der Waals surface area contributed by atoms with Crippen LogP contribution in [-0.4, -0.2) is 58.5 Å². The van der Waals surface area contributed by atoms with Crippen LogP contribution in [0.25, 0.3) is 0 Å². The number of carbonyl (C=O) groups excluding carboxylic acids is 1. The maximum Gasteiger partial charge on any atom is 0.318 e. The Labute approximate surface area is 109 Å². The summed E-state index contributed by atoms with van der Waals surface area (Å²) < 4.78 is 0. The number of carbonyl (C=O) groups is 2. The molecule has 0 aliphatic carbocycles. The van der Waals surface area contributed by atoms with Gasteiger partial charge in [0.05, 0.1) is 0 Å². The highest BCUT2D eigenvalue weighted by molar-refractivity contribution is 6.01. The van der Waals surface area contributed by atoms with Gasteiger partial charge in [-0.15, -0.1) is 0 Å². The first-order valence-corrected chi connectivity index (χ1v) is 6.34. The molecule has 0 aromatic carbocycles. The fourth-order valence-electron chi connectivity index (χ4n) is 2.07. The Morgan fingerprint density at radius 2 is 1.39 bits per heavy atom. The molecule has 1 aliphatic heterocycles. The van der Waals surface area contributed by atoms with E-state index >= 15 is 0 Å². The monoisotopic (exact) mass is 256 g/mol. The Morgan fingerprint density at radius 3 is 1.72 bits per heavy atom. The number of aliphatic carboxylic acids is 1. The lowest BCUT2D eigenvalue weighted by atomic mass is 9.91. The van der Waals surface area contributed by atoms with Gasteiger partial charge in [-0.1, -0.05) is 0 Å².